The molecule has 0 bridgehead atoms. The minimum absolute atomic E-state index is 0.0348. The van der Waals surface area contributed by atoms with E-state index in [0.717, 1.165) is 42.4 Å². The largest absolute Gasteiger partial charge is 0.393 e. The Kier molecular flexibility index (Phi) is 6.35. The summed E-state index contributed by atoms with van der Waals surface area (Å²) >= 11 is 0. The number of allylic oxidation sites excluding steroid dienone is 4. The Bertz CT molecular complexity index is 686. The highest BCUT2D eigenvalue weighted by Gasteiger charge is 2.55. The van der Waals surface area contributed by atoms with Gasteiger partial charge in [0.1, 0.15) is 0 Å². The molecule has 3 saturated carbocycles. The molecule has 3 fully saturated rings. The van der Waals surface area contributed by atoms with Gasteiger partial charge in [0.05, 0.1) is 6.10 Å². The summed E-state index contributed by atoms with van der Waals surface area (Å²) in [7, 11) is 0. The second-order valence-electron chi connectivity index (χ2n) is 12.4. The normalized spacial score (nSPS) is 43.5. The lowest BCUT2D eigenvalue weighted by Crippen LogP contribution is -2.48. The molecule has 0 spiro atoms. The standard InChI is InChI=1S/C29H48O/c1-7-21(19(2)3)9-8-20(4)25-12-13-26-24-11-10-22-18-23(30)14-16-28(22,5)27(24)15-17-29(25,26)6/h8-9,19-23,25,27,30H,7,10-18H2,1-6H3/b9-8+/t20-,21+,22-,23-,25+,27-,28-,29+/m0/s1. The van der Waals surface area contributed by atoms with E-state index in [9.17, 15) is 5.11 Å². The summed E-state index contributed by atoms with van der Waals surface area (Å²) in [5.74, 6) is 4.54. The maximum Gasteiger partial charge on any atom is 0.0543 e. The average Bonchev–Trinajstić information content (AvgIpc) is 3.06. The second kappa shape index (κ2) is 8.42. The minimum atomic E-state index is -0.0348. The molecule has 4 aliphatic carbocycles. The molecule has 0 radical (unpaired) electrons. The molecule has 4 rings (SSSR count). The zero-order valence-corrected chi connectivity index (χ0v) is 20.7. The smallest absolute Gasteiger partial charge is 0.0543 e. The van der Waals surface area contributed by atoms with Crippen LogP contribution in [0.5, 0.6) is 0 Å². The summed E-state index contributed by atoms with van der Waals surface area (Å²) < 4.78 is 0. The molecule has 170 valence electrons. The van der Waals surface area contributed by atoms with Crippen LogP contribution in [0.3, 0.4) is 0 Å². The van der Waals surface area contributed by atoms with Gasteiger partial charge < -0.3 is 5.11 Å². The molecule has 0 aromatic carbocycles. The molecule has 1 N–H and O–H groups in total. The van der Waals surface area contributed by atoms with Gasteiger partial charge in [-0.1, -0.05) is 64.8 Å². The van der Waals surface area contributed by atoms with Crippen LogP contribution in [0.2, 0.25) is 0 Å². The van der Waals surface area contributed by atoms with Gasteiger partial charge in [0, 0.05) is 0 Å². The number of aliphatic hydroxyl groups is 1. The first-order chi connectivity index (χ1) is 14.2. The Hall–Kier alpha value is -0.560. The van der Waals surface area contributed by atoms with Crippen LogP contribution in [0.15, 0.2) is 23.3 Å². The molecular weight excluding hydrogens is 364 g/mol. The number of rotatable bonds is 5. The van der Waals surface area contributed by atoms with Crippen molar-refractivity contribution in [1.82, 2.24) is 0 Å². The van der Waals surface area contributed by atoms with Crippen molar-refractivity contribution in [3.8, 4) is 0 Å². The average molecular weight is 413 g/mol. The van der Waals surface area contributed by atoms with E-state index in [1.54, 1.807) is 0 Å². The fourth-order valence-corrected chi connectivity index (χ4v) is 8.63. The third kappa shape index (κ3) is 3.66. The Balaban J connectivity index is 1.57. The third-order valence-electron chi connectivity index (χ3n) is 10.7. The van der Waals surface area contributed by atoms with Crippen molar-refractivity contribution in [2.45, 2.75) is 112 Å². The quantitative estimate of drug-likeness (QED) is 0.454. The predicted molar refractivity (Wildman–Crippen MR) is 128 cm³/mol. The highest BCUT2D eigenvalue weighted by Crippen LogP contribution is 2.65. The van der Waals surface area contributed by atoms with Crippen molar-refractivity contribution < 1.29 is 5.11 Å². The maximum atomic E-state index is 10.3. The fraction of sp³-hybridized carbons (Fsp3) is 0.862. The lowest BCUT2D eigenvalue weighted by Gasteiger charge is -2.56. The van der Waals surface area contributed by atoms with Crippen LogP contribution < -0.4 is 0 Å². The van der Waals surface area contributed by atoms with Gasteiger partial charge in [-0.25, -0.2) is 0 Å². The molecule has 0 heterocycles. The molecule has 0 aromatic rings. The van der Waals surface area contributed by atoms with E-state index in [1.165, 1.54) is 51.4 Å². The molecular formula is C29H48O. The molecule has 30 heavy (non-hydrogen) atoms. The summed E-state index contributed by atoms with van der Waals surface area (Å²) in [4.78, 5) is 0. The molecule has 4 aliphatic rings. The van der Waals surface area contributed by atoms with E-state index in [4.69, 9.17) is 0 Å². The fourth-order valence-electron chi connectivity index (χ4n) is 8.63. The van der Waals surface area contributed by atoms with Crippen LogP contribution in [0.4, 0.5) is 0 Å². The first-order valence-corrected chi connectivity index (χ1v) is 13.3. The van der Waals surface area contributed by atoms with Crippen molar-refractivity contribution in [2.75, 3.05) is 0 Å². The van der Waals surface area contributed by atoms with Crippen molar-refractivity contribution in [2.24, 2.45) is 46.3 Å². The minimum Gasteiger partial charge on any atom is -0.393 e. The van der Waals surface area contributed by atoms with Gasteiger partial charge in [0.2, 0.25) is 0 Å². The van der Waals surface area contributed by atoms with E-state index in [0.29, 0.717) is 16.7 Å². The van der Waals surface area contributed by atoms with Crippen LogP contribution in [-0.2, 0) is 0 Å². The summed E-state index contributed by atoms with van der Waals surface area (Å²) in [5, 5.41) is 10.3. The number of hydrogen-bond donors (Lipinski definition) is 1. The van der Waals surface area contributed by atoms with E-state index in [1.807, 2.05) is 11.1 Å². The van der Waals surface area contributed by atoms with E-state index in [2.05, 4.69) is 53.7 Å². The van der Waals surface area contributed by atoms with Crippen molar-refractivity contribution in [3.05, 3.63) is 23.3 Å². The first kappa shape index (κ1) is 22.6. The van der Waals surface area contributed by atoms with Gasteiger partial charge in [0.25, 0.3) is 0 Å². The van der Waals surface area contributed by atoms with Gasteiger partial charge in [0.15, 0.2) is 0 Å². The predicted octanol–water partition coefficient (Wildman–Crippen LogP) is 7.94. The van der Waals surface area contributed by atoms with Crippen molar-refractivity contribution in [3.63, 3.8) is 0 Å². The van der Waals surface area contributed by atoms with E-state index < -0.39 is 0 Å². The van der Waals surface area contributed by atoms with E-state index in [-0.39, 0.29) is 6.10 Å². The molecule has 1 nitrogen and oxygen atoms in total. The summed E-state index contributed by atoms with van der Waals surface area (Å²) in [5.41, 5.74) is 4.68. The number of hydrogen-bond acceptors (Lipinski definition) is 1. The van der Waals surface area contributed by atoms with Gasteiger partial charge in [-0.15, -0.1) is 0 Å². The molecule has 0 aromatic heterocycles. The Morgan fingerprint density at radius 3 is 2.47 bits per heavy atom. The first-order valence-electron chi connectivity index (χ1n) is 13.3. The third-order valence-corrected chi connectivity index (χ3v) is 10.7. The molecule has 0 aliphatic heterocycles. The van der Waals surface area contributed by atoms with Gasteiger partial charge in [-0.05, 0) is 111 Å². The van der Waals surface area contributed by atoms with Crippen molar-refractivity contribution in [1.29, 1.82) is 0 Å². The van der Waals surface area contributed by atoms with Crippen LogP contribution >= 0.6 is 0 Å². The summed E-state index contributed by atoms with van der Waals surface area (Å²) in [6, 6.07) is 0. The van der Waals surface area contributed by atoms with Crippen LogP contribution in [0.25, 0.3) is 0 Å². The molecule has 0 amide bonds. The summed E-state index contributed by atoms with van der Waals surface area (Å²) in [6.45, 7) is 14.8. The number of aliphatic hydroxyl groups excluding tert-OH is 1. The second-order valence-corrected chi connectivity index (χ2v) is 12.4. The van der Waals surface area contributed by atoms with Gasteiger partial charge in [-0.2, -0.15) is 0 Å². The monoisotopic (exact) mass is 412 g/mol. The summed E-state index contributed by atoms with van der Waals surface area (Å²) in [6.07, 6.45) is 17.9. The Morgan fingerprint density at radius 2 is 1.77 bits per heavy atom. The van der Waals surface area contributed by atoms with Crippen LogP contribution in [-0.4, -0.2) is 11.2 Å². The lowest BCUT2D eigenvalue weighted by molar-refractivity contribution is -0.0377. The zero-order chi connectivity index (χ0) is 21.7. The maximum absolute atomic E-state index is 10.3. The van der Waals surface area contributed by atoms with E-state index >= 15 is 0 Å². The molecule has 8 atom stereocenters. The van der Waals surface area contributed by atoms with Gasteiger partial charge in [-0.3, -0.25) is 0 Å². The Labute approximate surface area is 186 Å². The highest BCUT2D eigenvalue weighted by molar-refractivity contribution is 5.35. The molecule has 1 heteroatoms. The Morgan fingerprint density at radius 1 is 1.00 bits per heavy atom. The zero-order valence-electron chi connectivity index (χ0n) is 20.7. The molecule has 0 unspecified atom stereocenters. The van der Waals surface area contributed by atoms with Crippen LogP contribution in [0, 0.1) is 46.3 Å². The van der Waals surface area contributed by atoms with Crippen LogP contribution in [0.1, 0.15) is 106 Å². The lowest BCUT2D eigenvalue weighted by atomic mass is 9.49. The van der Waals surface area contributed by atoms with Crippen molar-refractivity contribution >= 4 is 0 Å². The highest BCUT2D eigenvalue weighted by atomic mass is 16.3. The topological polar surface area (TPSA) is 20.2 Å². The molecule has 0 saturated heterocycles. The SMILES string of the molecule is CC[C@H](/C=C/[C@H](C)[C@H]1CCC2=C3CC[C@H]4C[C@@H](O)CC[C@]4(C)[C@H]3CC[C@@]21C)C(C)C. The van der Waals surface area contributed by atoms with Gasteiger partial charge >= 0.3 is 0 Å². The number of fused-ring (bicyclic) bond motifs is 4.